The van der Waals surface area contributed by atoms with Crippen molar-refractivity contribution in [3.05, 3.63) is 95.1 Å². The number of carbonyl (C=O) groups excluding carboxylic acids is 1. The highest BCUT2D eigenvalue weighted by Gasteiger charge is 2.35. The summed E-state index contributed by atoms with van der Waals surface area (Å²) in [6.45, 7) is 2.07. The fourth-order valence-electron chi connectivity index (χ4n) is 4.45. The van der Waals surface area contributed by atoms with Gasteiger partial charge in [-0.3, -0.25) is 4.79 Å². The fraction of sp³-hybridized carbons (Fsp3) is 0.0400. The first-order chi connectivity index (χ1) is 13.7. The molecule has 0 aliphatic heterocycles. The van der Waals surface area contributed by atoms with E-state index in [0.29, 0.717) is 0 Å². The summed E-state index contributed by atoms with van der Waals surface area (Å²) in [4.78, 5) is 14.8. The van der Waals surface area contributed by atoms with Crippen molar-refractivity contribution in [3.63, 3.8) is 0 Å². The molecule has 0 bridgehead atoms. The SMILES string of the molecule is Cc1csc2cc3c(c(C(=O)c4ccccc4)[n+]12)-c1cccc2cccc-3c12.[Br-]. The second-order valence-electron chi connectivity index (χ2n) is 7.24. The van der Waals surface area contributed by atoms with Gasteiger partial charge in [-0.25, -0.2) is 0 Å². The van der Waals surface area contributed by atoms with Crippen LogP contribution in [0.3, 0.4) is 0 Å². The molecular weight excluding hydrogens is 442 g/mol. The zero-order valence-electron chi connectivity index (χ0n) is 15.6. The van der Waals surface area contributed by atoms with Crippen LogP contribution in [0, 0.1) is 6.92 Å². The topological polar surface area (TPSA) is 21.2 Å². The Kier molecular flexibility index (Phi) is 4.16. The summed E-state index contributed by atoms with van der Waals surface area (Å²) < 4.78 is 2.13. The van der Waals surface area contributed by atoms with Crippen molar-refractivity contribution in [2.75, 3.05) is 0 Å². The lowest BCUT2D eigenvalue weighted by Gasteiger charge is -2.06. The van der Waals surface area contributed by atoms with E-state index in [-0.39, 0.29) is 22.8 Å². The molecule has 2 nitrogen and oxygen atoms in total. The average Bonchev–Trinajstić information content (AvgIpc) is 3.27. The number of pyridine rings is 1. The van der Waals surface area contributed by atoms with Crippen LogP contribution in [0.2, 0.25) is 0 Å². The molecule has 0 amide bonds. The minimum absolute atomic E-state index is 0. The molecule has 1 aliphatic carbocycles. The molecule has 3 aromatic carbocycles. The number of ketones is 1. The molecule has 2 heterocycles. The summed E-state index contributed by atoms with van der Waals surface area (Å²) in [5.41, 5.74) is 7.17. The molecule has 6 rings (SSSR count). The lowest BCUT2D eigenvalue weighted by molar-refractivity contribution is -0.517. The van der Waals surface area contributed by atoms with Gasteiger partial charge in [-0.2, -0.15) is 0 Å². The van der Waals surface area contributed by atoms with E-state index in [0.717, 1.165) is 38.5 Å². The number of carbonyl (C=O) groups is 1. The van der Waals surface area contributed by atoms with E-state index < -0.39 is 0 Å². The van der Waals surface area contributed by atoms with Crippen LogP contribution in [0.5, 0.6) is 0 Å². The molecule has 0 spiro atoms. The summed E-state index contributed by atoms with van der Waals surface area (Å²) in [7, 11) is 0. The second-order valence-corrected chi connectivity index (χ2v) is 8.13. The molecule has 0 saturated heterocycles. The van der Waals surface area contributed by atoms with Crippen molar-refractivity contribution in [2.45, 2.75) is 6.92 Å². The number of benzene rings is 3. The highest BCUT2D eigenvalue weighted by molar-refractivity contribution is 7.15. The van der Waals surface area contributed by atoms with Crippen molar-refractivity contribution in [3.8, 4) is 22.3 Å². The summed E-state index contributed by atoms with van der Waals surface area (Å²) in [5, 5.41) is 4.59. The minimum Gasteiger partial charge on any atom is -1.00 e. The molecule has 0 N–H and O–H groups in total. The van der Waals surface area contributed by atoms with E-state index in [4.69, 9.17) is 0 Å². The molecule has 0 atom stereocenters. The molecule has 29 heavy (non-hydrogen) atoms. The van der Waals surface area contributed by atoms with Crippen molar-refractivity contribution in [1.82, 2.24) is 0 Å². The molecular formula is C25H16BrNOS. The number of halogens is 1. The second kappa shape index (κ2) is 6.61. The number of aryl methyl sites for hydroxylation is 1. The third-order valence-electron chi connectivity index (χ3n) is 5.64. The number of thiazole rings is 1. The smallest absolute Gasteiger partial charge is 0.268 e. The molecule has 0 fully saturated rings. The van der Waals surface area contributed by atoms with Gasteiger partial charge in [-0.1, -0.05) is 78.1 Å². The molecule has 0 unspecified atom stereocenters. The van der Waals surface area contributed by atoms with Crippen LogP contribution < -0.4 is 21.4 Å². The Labute approximate surface area is 182 Å². The highest BCUT2D eigenvalue weighted by atomic mass is 79.9. The van der Waals surface area contributed by atoms with Crippen molar-refractivity contribution in [2.24, 2.45) is 0 Å². The van der Waals surface area contributed by atoms with Crippen LogP contribution in [0.1, 0.15) is 21.7 Å². The average molecular weight is 458 g/mol. The van der Waals surface area contributed by atoms with Gasteiger partial charge in [0.25, 0.3) is 16.3 Å². The third-order valence-corrected chi connectivity index (χ3v) is 6.64. The Morgan fingerprint density at radius 3 is 2.34 bits per heavy atom. The van der Waals surface area contributed by atoms with Crippen molar-refractivity contribution >= 4 is 32.7 Å². The first-order valence-electron chi connectivity index (χ1n) is 9.33. The standard InChI is InChI=1S/C25H16NOS.BrH/c1-15-14-28-21-13-20-18-11-5-9-16-10-6-12-19(22(16)18)23(20)24(26(15)21)25(27)17-7-3-2-4-8-17;/h2-14H,1H3;1H/q+1;/p-1. The number of fused-ring (bicyclic) bond motifs is 4. The van der Waals surface area contributed by atoms with Crippen LogP contribution in [-0.2, 0) is 0 Å². The summed E-state index contributed by atoms with van der Waals surface area (Å²) in [6.07, 6.45) is 0. The maximum absolute atomic E-state index is 13.7. The first-order valence-corrected chi connectivity index (χ1v) is 10.2. The van der Waals surface area contributed by atoms with Gasteiger partial charge in [0, 0.05) is 24.1 Å². The van der Waals surface area contributed by atoms with E-state index in [9.17, 15) is 4.79 Å². The molecule has 4 heteroatoms. The molecule has 140 valence electrons. The van der Waals surface area contributed by atoms with Gasteiger partial charge in [-0.05, 0) is 21.9 Å². The number of hydrogen-bond acceptors (Lipinski definition) is 2. The normalized spacial score (nSPS) is 11.5. The van der Waals surface area contributed by atoms with Crippen LogP contribution in [-0.4, -0.2) is 5.78 Å². The maximum Gasteiger partial charge on any atom is 0.268 e. The minimum atomic E-state index is 0. The number of hydrogen-bond donors (Lipinski definition) is 0. The number of aromatic nitrogens is 1. The van der Waals surface area contributed by atoms with Gasteiger partial charge >= 0.3 is 0 Å². The molecule has 0 radical (unpaired) electrons. The largest absolute Gasteiger partial charge is 1.00 e. The van der Waals surface area contributed by atoms with Crippen LogP contribution in [0.4, 0.5) is 0 Å². The van der Waals surface area contributed by atoms with Gasteiger partial charge in [0.05, 0.1) is 10.9 Å². The Morgan fingerprint density at radius 2 is 1.59 bits per heavy atom. The predicted octanol–water partition coefficient (Wildman–Crippen LogP) is 2.83. The van der Waals surface area contributed by atoms with E-state index in [1.807, 2.05) is 30.3 Å². The van der Waals surface area contributed by atoms with Gasteiger partial charge in [-0.15, -0.1) is 4.40 Å². The Balaban J connectivity index is 0.00000181. The monoisotopic (exact) mass is 457 g/mol. The van der Waals surface area contributed by atoms with Gasteiger partial charge in [0.2, 0.25) is 0 Å². The van der Waals surface area contributed by atoms with Crippen molar-refractivity contribution in [1.29, 1.82) is 0 Å². The Bertz CT molecular complexity index is 1430. The van der Waals surface area contributed by atoms with Crippen LogP contribution in [0.25, 0.3) is 37.9 Å². The van der Waals surface area contributed by atoms with Crippen LogP contribution in [0.15, 0.2) is 78.2 Å². The molecule has 1 aliphatic rings. The van der Waals surface area contributed by atoms with Gasteiger partial charge in [0.15, 0.2) is 5.69 Å². The zero-order valence-corrected chi connectivity index (χ0v) is 18.0. The van der Waals surface area contributed by atoms with Crippen molar-refractivity contribution < 1.29 is 26.2 Å². The maximum atomic E-state index is 13.7. The summed E-state index contributed by atoms with van der Waals surface area (Å²) in [6, 6.07) is 24.6. The Morgan fingerprint density at radius 1 is 0.862 bits per heavy atom. The van der Waals surface area contributed by atoms with E-state index in [1.165, 1.54) is 16.3 Å². The lowest BCUT2D eigenvalue weighted by Crippen LogP contribution is -3.00. The van der Waals surface area contributed by atoms with Crippen LogP contribution >= 0.6 is 11.3 Å². The van der Waals surface area contributed by atoms with Gasteiger partial charge < -0.3 is 17.0 Å². The summed E-state index contributed by atoms with van der Waals surface area (Å²) in [5.74, 6) is 0.0683. The summed E-state index contributed by atoms with van der Waals surface area (Å²) >= 11 is 1.69. The molecule has 0 saturated carbocycles. The first kappa shape index (κ1) is 18.2. The molecule has 2 aromatic heterocycles. The zero-order chi connectivity index (χ0) is 18.8. The molecule has 5 aromatic rings. The quantitative estimate of drug-likeness (QED) is 0.289. The predicted molar refractivity (Wildman–Crippen MR) is 114 cm³/mol. The van der Waals surface area contributed by atoms with E-state index in [1.54, 1.807) is 11.3 Å². The van der Waals surface area contributed by atoms with Gasteiger partial charge in [0.1, 0.15) is 0 Å². The number of rotatable bonds is 2. The Hall–Kier alpha value is -2.82. The lowest BCUT2D eigenvalue weighted by atomic mass is 9.97. The van der Waals surface area contributed by atoms with E-state index >= 15 is 0 Å². The third kappa shape index (κ3) is 2.46. The number of nitrogens with zero attached hydrogens (tertiary/aromatic N) is 1. The van der Waals surface area contributed by atoms with E-state index in [2.05, 4.69) is 59.2 Å². The highest BCUT2D eigenvalue weighted by Crippen LogP contribution is 2.48. The fourth-order valence-corrected chi connectivity index (χ4v) is 5.37.